The second-order valence-corrected chi connectivity index (χ2v) is 10.2. The van der Waals surface area contributed by atoms with Crippen molar-refractivity contribution in [1.29, 1.82) is 0 Å². The molecule has 5 rings (SSSR count). The van der Waals surface area contributed by atoms with E-state index in [9.17, 15) is 9.18 Å². The van der Waals surface area contributed by atoms with Gasteiger partial charge in [0.25, 0.3) is 0 Å². The van der Waals surface area contributed by atoms with Crippen LogP contribution in [0.25, 0.3) is 5.69 Å². The Labute approximate surface area is 233 Å². The topological polar surface area (TPSA) is 62.2 Å². The Morgan fingerprint density at radius 1 is 1.08 bits per heavy atom. The van der Waals surface area contributed by atoms with Crippen molar-refractivity contribution in [3.05, 3.63) is 113 Å². The molecule has 0 saturated carbocycles. The number of carbonyl (C=O) groups is 1. The summed E-state index contributed by atoms with van der Waals surface area (Å²) in [7, 11) is 0. The first-order valence-electron chi connectivity index (χ1n) is 13.2. The van der Waals surface area contributed by atoms with E-state index in [-0.39, 0.29) is 30.1 Å². The predicted molar refractivity (Wildman–Crippen MR) is 156 cm³/mol. The summed E-state index contributed by atoms with van der Waals surface area (Å²) in [5.74, 6) is -0.735. The smallest absolute Gasteiger partial charge is 0.226 e. The van der Waals surface area contributed by atoms with Gasteiger partial charge in [0.2, 0.25) is 5.91 Å². The number of benzene rings is 2. The normalized spacial score (nSPS) is 16.8. The fourth-order valence-electron chi connectivity index (χ4n) is 5.35. The summed E-state index contributed by atoms with van der Waals surface area (Å²) < 4.78 is 16.3. The summed E-state index contributed by atoms with van der Waals surface area (Å²) in [5, 5.41) is 6.70. The molecule has 0 aliphatic carbocycles. The molecule has 200 valence electrons. The molecule has 1 aliphatic rings. The highest BCUT2D eigenvalue weighted by Gasteiger charge is 2.41. The summed E-state index contributed by atoms with van der Waals surface area (Å²) in [6, 6.07) is 22.5. The minimum absolute atomic E-state index is 0.152. The number of rotatable bonds is 8. The highest BCUT2D eigenvalue weighted by molar-refractivity contribution is 7.80. The van der Waals surface area contributed by atoms with Crippen molar-refractivity contribution < 1.29 is 9.18 Å². The monoisotopic (exact) mass is 541 g/mol. The van der Waals surface area contributed by atoms with Crippen LogP contribution in [0.3, 0.4) is 0 Å². The molecule has 39 heavy (non-hydrogen) atoms. The highest BCUT2D eigenvalue weighted by Crippen LogP contribution is 2.41. The molecule has 1 fully saturated rings. The van der Waals surface area contributed by atoms with Gasteiger partial charge in [-0.3, -0.25) is 9.78 Å². The van der Waals surface area contributed by atoms with Gasteiger partial charge in [-0.1, -0.05) is 37.3 Å². The van der Waals surface area contributed by atoms with Crippen molar-refractivity contribution in [2.75, 3.05) is 11.9 Å². The van der Waals surface area contributed by atoms with Crippen LogP contribution >= 0.6 is 12.2 Å². The fraction of sp³-hybridized carbons (Fsp3) is 0.258. The van der Waals surface area contributed by atoms with Gasteiger partial charge in [0, 0.05) is 36.2 Å². The van der Waals surface area contributed by atoms with Gasteiger partial charge < -0.3 is 20.1 Å². The van der Waals surface area contributed by atoms with E-state index in [2.05, 4.69) is 76.2 Å². The molecule has 1 saturated heterocycles. The molecule has 2 N–H and O–H groups in total. The average Bonchev–Trinajstić information content (AvgIpc) is 3.43. The number of aryl methyl sites for hydroxylation is 2. The molecule has 2 aromatic carbocycles. The Hall–Kier alpha value is -4.04. The van der Waals surface area contributed by atoms with Crippen LogP contribution in [0.15, 0.2) is 79.0 Å². The van der Waals surface area contributed by atoms with Crippen molar-refractivity contribution in [3.8, 4) is 5.69 Å². The maximum absolute atomic E-state index is 14.1. The SMILES string of the molecule is CCc1ccc(-n2c(C)cc([C@H]3[C@@H](c4ccccn4)NC(=S)N3CCC(=O)Nc3ccccc3F)c2C)cc1. The summed E-state index contributed by atoms with van der Waals surface area (Å²) >= 11 is 5.79. The van der Waals surface area contributed by atoms with Crippen molar-refractivity contribution >= 4 is 28.9 Å². The number of pyridine rings is 1. The highest BCUT2D eigenvalue weighted by atomic mass is 32.1. The van der Waals surface area contributed by atoms with Crippen LogP contribution in [0.4, 0.5) is 10.1 Å². The first-order chi connectivity index (χ1) is 18.9. The summed E-state index contributed by atoms with van der Waals surface area (Å²) in [6.07, 6.45) is 2.92. The zero-order valence-corrected chi connectivity index (χ0v) is 23.1. The minimum atomic E-state index is -0.461. The molecule has 0 spiro atoms. The maximum atomic E-state index is 14.1. The zero-order chi connectivity index (χ0) is 27.5. The zero-order valence-electron chi connectivity index (χ0n) is 22.3. The van der Waals surface area contributed by atoms with Gasteiger partial charge >= 0.3 is 0 Å². The van der Waals surface area contributed by atoms with Crippen LogP contribution in [-0.4, -0.2) is 32.0 Å². The van der Waals surface area contributed by atoms with Crippen molar-refractivity contribution in [1.82, 2.24) is 19.8 Å². The van der Waals surface area contributed by atoms with Gasteiger partial charge in [-0.25, -0.2) is 4.39 Å². The Morgan fingerprint density at radius 2 is 1.82 bits per heavy atom. The lowest BCUT2D eigenvalue weighted by molar-refractivity contribution is -0.116. The maximum Gasteiger partial charge on any atom is 0.226 e. The van der Waals surface area contributed by atoms with Crippen molar-refractivity contribution in [3.63, 3.8) is 0 Å². The number of thiocarbonyl (C=S) groups is 1. The number of hydrogen-bond donors (Lipinski definition) is 2. The molecule has 1 aliphatic heterocycles. The van der Waals surface area contributed by atoms with Gasteiger partial charge in [-0.05, 0) is 86.1 Å². The average molecular weight is 542 g/mol. The first kappa shape index (κ1) is 26.6. The number of nitrogens with zero attached hydrogens (tertiary/aromatic N) is 3. The molecule has 0 bridgehead atoms. The molecular weight excluding hydrogens is 509 g/mol. The molecule has 0 unspecified atom stereocenters. The van der Waals surface area contributed by atoms with E-state index in [0.29, 0.717) is 11.7 Å². The molecule has 2 aromatic heterocycles. The van der Waals surface area contributed by atoms with Crippen LogP contribution < -0.4 is 10.6 Å². The van der Waals surface area contributed by atoms with Crippen molar-refractivity contribution in [2.45, 2.75) is 45.7 Å². The number of aromatic nitrogens is 2. The van der Waals surface area contributed by atoms with Gasteiger partial charge in [-0.15, -0.1) is 0 Å². The number of hydrogen-bond acceptors (Lipinski definition) is 3. The largest absolute Gasteiger partial charge is 0.352 e. The molecule has 4 aromatic rings. The second-order valence-electron chi connectivity index (χ2n) is 9.78. The van der Waals surface area contributed by atoms with Crippen LogP contribution in [0, 0.1) is 19.7 Å². The van der Waals surface area contributed by atoms with E-state index in [1.54, 1.807) is 24.4 Å². The van der Waals surface area contributed by atoms with Gasteiger partial charge in [-0.2, -0.15) is 0 Å². The Kier molecular flexibility index (Phi) is 7.74. The quantitative estimate of drug-likeness (QED) is 0.261. The lowest BCUT2D eigenvalue weighted by atomic mass is 9.96. The number of anilines is 1. The lowest BCUT2D eigenvalue weighted by Crippen LogP contribution is -2.33. The third kappa shape index (κ3) is 5.43. The van der Waals surface area contributed by atoms with Gasteiger partial charge in [0.15, 0.2) is 5.11 Å². The standard InChI is InChI=1S/C31H32FN5OS/c1-4-22-12-14-23(15-13-22)37-20(2)19-24(21(37)3)30-29(27-11-7-8-17-33-27)35-31(39)36(30)18-16-28(38)34-26-10-6-5-9-25(26)32/h5-15,17,19,29-30H,4,16,18H2,1-3H3,(H,34,38)(H,35,39)/t29-,30+/m1/s1. The molecule has 2 atom stereocenters. The third-order valence-corrected chi connectivity index (χ3v) is 7.67. The molecule has 1 amide bonds. The van der Waals surface area contributed by atoms with E-state index in [4.69, 9.17) is 12.2 Å². The van der Waals surface area contributed by atoms with Crippen LogP contribution in [0.1, 0.15) is 53.6 Å². The number of amides is 1. The van der Waals surface area contributed by atoms with Crippen LogP contribution in [0.5, 0.6) is 0 Å². The number of carbonyl (C=O) groups excluding carboxylic acids is 1. The summed E-state index contributed by atoms with van der Waals surface area (Å²) in [5.41, 5.74) is 6.78. The fourth-order valence-corrected chi connectivity index (χ4v) is 5.68. The first-order valence-corrected chi connectivity index (χ1v) is 13.6. The third-order valence-electron chi connectivity index (χ3n) is 7.32. The van der Waals surface area contributed by atoms with E-state index < -0.39 is 5.82 Å². The Bertz CT molecular complexity index is 1480. The summed E-state index contributed by atoms with van der Waals surface area (Å²) in [4.78, 5) is 19.5. The predicted octanol–water partition coefficient (Wildman–Crippen LogP) is 6.19. The second kappa shape index (κ2) is 11.4. The number of halogens is 1. The molecule has 6 nitrogen and oxygen atoms in total. The van der Waals surface area contributed by atoms with Crippen LogP contribution in [0.2, 0.25) is 0 Å². The van der Waals surface area contributed by atoms with Crippen molar-refractivity contribution in [2.24, 2.45) is 0 Å². The van der Waals surface area contributed by atoms with E-state index in [1.165, 1.54) is 11.6 Å². The number of nitrogens with one attached hydrogen (secondary N) is 2. The van der Waals surface area contributed by atoms with E-state index in [0.717, 1.165) is 34.8 Å². The Balaban J connectivity index is 1.47. The lowest BCUT2D eigenvalue weighted by Gasteiger charge is -2.28. The summed E-state index contributed by atoms with van der Waals surface area (Å²) in [6.45, 7) is 6.75. The molecule has 3 heterocycles. The van der Waals surface area contributed by atoms with E-state index in [1.807, 2.05) is 18.2 Å². The Morgan fingerprint density at radius 3 is 2.51 bits per heavy atom. The molecule has 0 radical (unpaired) electrons. The van der Waals surface area contributed by atoms with Crippen LogP contribution in [-0.2, 0) is 11.2 Å². The van der Waals surface area contributed by atoms with Gasteiger partial charge in [0.05, 0.1) is 23.5 Å². The minimum Gasteiger partial charge on any atom is -0.352 e. The van der Waals surface area contributed by atoms with E-state index >= 15 is 0 Å². The number of para-hydroxylation sites is 1. The molecular formula is C31H32FN5OS. The molecule has 8 heteroatoms. The van der Waals surface area contributed by atoms with Gasteiger partial charge in [0.1, 0.15) is 5.82 Å².